The van der Waals surface area contributed by atoms with E-state index in [1.54, 1.807) is 6.92 Å². The molecule has 0 aromatic rings. The maximum Gasteiger partial charge on any atom is 0.323 e. The molecule has 0 aliphatic heterocycles. The van der Waals surface area contributed by atoms with Crippen LogP contribution in [0.3, 0.4) is 0 Å². The van der Waals surface area contributed by atoms with E-state index in [4.69, 9.17) is 9.47 Å². The third-order valence-corrected chi connectivity index (χ3v) is 2.72. The molecule has 2 atom stereocenters. The van der Waals surface area contributed by atoms with Crippen molar-refractivity contribution in [1.82, 2.24) is 10.6 Å². The monoisotopic (exact) mass is 296 g/mol. The maximum absolute atomic E-state index is 11.4. The maximum atomic E-state index is 11.4. The summed E-state index contributed by atoms with van der Waals surface area (Å²) >= 11 is 8.09. The van der Waals surface area contributed by atoms with E-state index in [0.29, 0.717) is 37.7 Å². The van der Waals surface area contributed by atoms with E-state index >= 15 is 0 Å². The van der Waals surface area contributed by atoms with Crippen LogP contribution in [-0.4, -0.2) is 55.9 Å². The minimum atomic E-state index is -0.434. The average Bonchev–Trinajstić information content (AvgIpc) is 2.37. The van der Waals surface area contributed by atoms with Crippen LogP contribution >= 0.6 is 25.3 Å². The van der Waals surface area contributed by atoms with Crippen LogP contribution in [-0.2, 0) is 19.1 Å². The Kier molecular flexibility index (Phi) is 11.4. The number of rotatable bonds is 11. The smallest absolute Gasteiger partial charge is 0.323 e. The van der Waals surface area contributed by atoms with Gasteiger partial charge in [-0.2, -0.15) is 25.3 Å². The van der Waals surface area contributed by atoms with Crippen molar-refractivity contribution in [2.45, 2.75) is 19.2 Å². The Balaban J connectivity index is 3.79. The van der Waals surface area contributed by atoms with E-state index in [1.807, 2.05) is 0 Å². The van der Waals surface area contributed by atoms with Crippen molar-refractivity contribution in [2.24, 2.45) is 0 Å². The van der Waals surface area contributed by atoms with Gasteiger partial charge in [-0.25, -0.2) is 0 Å². The Morgan fingerprint density at radius 1 is 1.28 bits per heavy atom. The number of carbonyl (C=O) groups excluding carboxylic acids is 2. The lowest BCUT2D eigenvalue weighted by Gasteiger charge is -2.17. The molecule has 8 heteroatoms. The van der Waals surface area contributed by atoms with Crippen molar-refractivity contribution < 1.29 is 19.1 Å². The first-order valence-electron chi connectivity index (χ1n) is 5.63. The molecule has 0 unspecified atom stereocenters. The van der Waals surface area contributed by atoms with Gasteiger partial charge >= 0.3 is 5.97 Å². The van der Waals surface area contributed by atoms with Gasteiger partial charge in [-0.3, -0.25) is 14.9 Å². The first-order chi connectivity index (χ1) is 8.69. The van der Waals surface area contributed by atoms with Gasteiger partial charge in [0.1, 0.15) is 6.04 Å². The molecule has 18 heavy (non-hydrogen) atoms. The van der Waals surface area contributed by atoms with Gasteiger partial charge in [-0.1, -0.05) is 0 Å². The summed E-state index contributed by atoms with van der Waals surface area (Å²) in [5.41, 5.74) is 0. The highest BCUT2D eigenvalue weighted by Crippen LogP contribution is 1.92. The lowest BCUT2D eigenvalue weighted by Crippen LogP contribution is -2.44. The molecule has 0 aliphatic carbocycles. The summed E-state index contributed by atoms with van der Waals surface area (Å²) in [4.78, 5) is 21.6. The molecule has 0 aromatic carbocycles. The van der Waals surface area contributed by atoms with Gasteiger partial charge in [0.05, 0.1) is 6.61 Å². The minimum Gasteiger partial charge on any atom is -0.465 e. The summed E-state index contributed by atoms with van der Waals surface area (Å²) in [5, 5.41) is 5.94. The quantitative estimate of drug-likeness (QED) is 0.135. The van der Waals surface area contributed by atoms with E-state index in [-0.39, 0.29) is 5.97 Å². The van der Waals surface area contributed by atoms with Crippen LogP contribution in [0.2, 0.25) is 0 Å². The third kappa shape index (κ3) is 7.80. The molecule has 0 saturated carbocycles. The van der Waals surface area contributed by atoms with Crippen molar-refractivity contribution in [3.63, 3.8) is 0 Å². The summed E-state index contributed by atoms with van der Waals surface area (Å²) in [5.74, 6) is 0.425. The second kappa shape index (κ2) is 11.6. The van der Waals surface area contributed by atoms with Crippen LogP contribution in [0.25, 0.3) is 0 Å². The first kappa shape index (κ1) is 17.6. The zero-order valence-electron chi connectivity index (χ0n) is 10.3. The van der Waals surface area contributed by atoms with Crippen molar-refractivity contribution in [3.05, 3.63) is 0 Å². The Labute approximate surface area is 118 Å². The molecule has 0 amide bonds. The second-order valence-corrected chi connectivity index (χ2v) is 4.03. The minimum absolute atomic E-state index is 0.317. The molecule has 0 heterocycles. The Morgan fingerprint density at radius 2 is 1.94 bits per heavy atom. The highest BCUT2D eigenvalue weighted by molar-refractivity contribution is 7.80. The highest BCUT2D eigenvalue weighted by atomic mass is 32.1. The van der Waals surface area contributed by atoms with Crippen molar-refractivity contribution >= 4 is 37.7 Å². The van der Waals surface area contributed by atoms with Crippen LogP contribution in [0.4, 0.5) is 0 Å². The molecular weight excluding hydrogens is 276 g/mol. The molecule has 0 aromatic heterocycles. The van der Waals surface area contributed by atoms with E-state index in [2.05, 4.69) is 35.9 Å². The molecule has 0 bridgehead atoms. The van der Waals surface area contributed by atoms with Crippen molar-refractivity contribution in [3.8, 4) is 0 Å². The molecule has 0 rings (SSSR count). The van der Waals surface area contributed by atoms with Gasteiger partial charge in [0.25, 0.3) is 6.47 Å². The normalized spacial score (nSPS) is 13.7. The summed E-state index contributed by atoms with van der Waals surface area (Å²) in [7, 11) is 0. The SMILES string of the molecule is CCOC(=O)[C@@H](CS)NCCN[C@H](CS)OC=O. The lowest BCUT2D eigenvalue weighted by atomic mass is 10.3. The predicted octanol–water partition coefficient (Wildman–Crippen LogP) is -0.544. The average molecular weight is 296 g/mol. The molecule has 0 radical (unpaired) electrons. The van der Waals surface area contributed by atoms with Crippen LogP contribution in [0.15, 0.2) is 0 Å². The molecule has 0 aliphatic rings. The number of nitrogens with one attached hydrogen (secondary N) is 2. The van der Waals surface area contributed by atoms with Crippen LogP contribution in [0.5, 0.6) is 0 Å². The molecule has 0 spiro atoms. The Morgan fingerprint density at radius 3 is 2.44 bits per heavy atom. The van der Waals surface area contributed by atoms with Crippen LogP contribution in [0, 0.1) is 0 Å². The Bertz CT molecular complexity index is 244. The lowest BCUT2D eigenvalue weighted by molar-refractivity contribution is -0.144. The van der Waals surface area contributed by atoms with Gasteiger partial charge in [0, 0.05) is 24.6 Å². The molecule has 6 nitrogen and oxygen atoms in total. The van der Waals surface area contributed by atoms with E-state index in [0.717, 1.165) is 0 Å². The van der Waals surface area contributed by atoms with Gasteiger partial charge in [-0.05, 0) is 6.92 Å². The van der Waals surface area contributed by atoms with Crippen molar-refractivity contribution in [1.29, 1.82) is 0 Å². The van der Waals surface area contributed by atoms with Crippen LogP contribution in [0.1, 0.15) is 6.92 Å². The highest BCUT2D eigenvalue weighted by Gasteiger charge is 2.16. The number of esters is 1. The van der Waals surface area contributed by atoms with Gasteiger partial charge in [0.15, 0.2) is 6.23 Å². The van der Waals surface area contributed by atoms with Gasteiger partial charge in [-0.15, -0.1) is 0 Å². The zero-order valence-corrected chi connectivity index (χ0v) is 12.1. The Hall–Kier alpha value is -0.440. The second-order valence-electron chi connectivity index (χ2n) is 3.30. The summed E-state index contributed by atoms with van der Waals surface area (Å²) < 4.78 is 9.59. The topological polar surface area (TPSA) is 76.7 Å². The van der Waals surface area contributed by atoms with E-state index < -0.39 is 12.3 Å². The molecule has 0 saturated heterocycles. The van der Waals surface area contributed by atoms with Gasteiger partial charge < -0.3 is 14.8 Å². The number of ether oxygens (including phenoxy) is 2. The summed E-state index contributed by atoms with van der Waals surface area (Å²) in [6, 6.07) is -0.434. The van der Waals surface area contributed by atoms with E-state index in [9.17, 15) is 9.59 Å². The number of hydrogen-bond donors (Lipinski definition) is 4. The van der Waals surface area contributed by atoms with E-state index in [1.165, 1.54) is 0 Å². The van der Waals surface area contributed by atoms with Crippen LogP contribution < -0.4 is 10.6 Å². The molecular formula is C10H20N2O4S2. The largest absolute Gasteiger partial charge is 0.465 e. The number of hydrogen-bond acceptors (Lipinski definition) is 8. The molecule has 106 valence electrons. The summed E-state index contributed by atoms with van der Waals surface area (Å²) in [6.07, 6.45) is -0.426. The number of thiol groups is 2. The fourth-order valence-corrected chi connectivity index (χ4v) is 1.66. The fourth-order valence-electron chi connectivity index (χ4n) is 1.17. The van der Waals surface area contributed by atoms with Crippen molar-refractivity contribution in [2.75, 3.05) is 31.2 Å². The number of carbonyl (C=O) groups is 2. The zero-order chi connectivity index (χ0) is 13.8. The molecule has 2 N–H and O–H groups in total. The van der Waals surface area contributed by atoms with Gasteiger partial charge in [0.2, 0.25) is 0 Å². The summed E-state index contributed by atoms with van der Waals surface area (Å²) in [6.45, 7) is 3.52. The molecule has 0 fully saturated rings. The first-order valence-corrected chi connectivity index (χ1v) is 6.90. The predicted molar refractivity (Wildman–Crippen MR) is 75.1 cm³/mol. The standard InChI is InChI=1S/C10H20N2O4S2/c1-2-15-10(14)8(5-17)11-3-4-12-9(6-18)16-7-13/h7-9,11-12,17-18H,2-6H2,1H3/t8-,9+/m1/s1. The third-order valence-electron chi connectivity index (χ3n) is 2.03. The fraction of sp³-hybridized carbons (Fsp3) is 0.800.